The Balaban J connectivity index is 1.89. The lowest BCUT2D eigenvalue weighted by Gasteiger charge is -2.20. The van der Waals surface area contributed by atoms with Gasteiger partial charge in [-0.15, -0.1) is 0 Å². The number of benzene rings is 1. The second kappa shape index (κ2) is 5.50. The zero-order chi connectivity index (χ0) is 13.9. The number of urea groups is 1. The zero-order valence-electron chi connectivity index (χ0n) is 10.1. The summed E-state index contributed by atoms with van der Waals surface area (Å²) < 4.78 is 31.2. The highest BCUT2D eigenvalue weighted by atomic mass is 19.2. The zero-order valence-corrected chi connectivity index (χ0v) is 10.1. The highest BCUT2D eigenvalue weighted by Gasteiger charge is 2.32. The van der Waals surface area contributed by atoms with Gasteiger partial charge in [0.1, 0.15) is 5.60 Å². The van der Waals surface area contributed by atoms with Gasteiger partial charge in [-0.1, -0.05) is 6.07 Å². The van der Waals surface area contributed by atoms with Crippen molar-refractivity contribution in [3.8, 4) is 0 Å². The number of halogens is 2. The number of hydrogen-bond acceptors (Lipinski definition) is 3. The Morgan fingerprint density at radius 3 is 2.95 bits per heavy atom. The van der Waals surface area contributed by atoms with Crippen molar-refractivity contribution in [1.82, 2.24) is 5.32 Å². The molecule has 19 heavy (non-hydrogen) atoms. The minimum absolute atomic E-state index is 0.0181. The average Bonchev–Trinajstić information content (AvgIpc) is 2.80. The van der Waals surface area contributed by atoms with Crippen molar-refractivity contribution in [2.75, 3.05) is 25.1 Å². The van der Waals surface area contributed by atoms with E-state index in [2.05, 4.69) is 10.6 Å². The Kier molecular flexibility index (Phi) is 3.96. The summed E-state index contributed by atoms with van der Waals surface area (Å²) in [4.78, 5) is 11.5. The van der Waals surface area contributed by atoms with Gasteiger partial charge in [0.05, 0.1) is 18.8 Å². The lowest BCUT2D eigenvalue weighted by atomic mass is 10.0. The predicted molar refractivity (Wildman–Crippen MR) is 63.8 cm³/mol. The van der Waals surface area contributed by atoms with Crippen molar-refractivity contribution in [2.45, 2.75) is 12.0 Å². The maximum atomic E-state index is 13.3. The highest BCUT2D eigenvalue weighted by Crippen LogP contribution is 2.18. The number of rotatable bonds is 3. The first-order valence-corrected chi connectivity index (χ1v) is 5.79. The summed E-state index contributed by atoms with van der Waals surface area (Å²) in [5, 5.41) is 14.5. The molecule has 5 nitrogen and oxygen atoms in total. The Morgan fingerprint density at radius 2 is 2.26 bits per heavy atom. The first kappa shape index (κ1) is 13.7. The van der Waals surface area contributed by atoms with Crippen LogP contribution in [0.15, 0.2) is 18.2 Å². The average molecular weight is 272 g/mol. The molecular weight excluding hydrogens is 258 g/mol. The molecular formula is C12H14F2N2O3. The summed E-state index contributed by atoms with van der Waals surface area (Å²) in [6.45, 7) is 0.551. The quantitative estimate of drug-likeness (QED) is 0.775. The maximum Gasteiger partial charge on any atom is 0.319 e. The van der Waals surface area contributed by atoms with Crippen LogP contribution >= 0.6 is 0 Å². The number of carbonyl (C=O) groups excluding carboxylic acids is 1. The Labute approximate surface area is 108 Å². The number of nitrogens with one attached hydrogen (secondary N) is 2. The van der Waals surface area contributed by atoms with Gasteiger partial charge >= 0.3 is 6.03 Å². The minimum atomic E-state index is -1.12. The van der Waals surface area contributed by atoms with Crippen LogP contribution < -0.4 is 10.6 Å². The van der Waals surface area contributed by atoms with Gasteiger partial charge in [0.25, 0.3) is 0 Å². The third-order valence-corrected chi connectivity index (χ3v) is 2.86. The van der Waals surface area contributed by atoms with Crippen LogP contribution in [0.5, 0.6) is 0 Å². The van der Waals surface area contributed by atoms with Crippen molar-refractivity contribution in [1.29, 1.82) is 0 Å². The second-order valence-corrected chi connectivity index (χ2v) is 4.44. The third-order valence-electron chi connectivity index (χ3n) is 2.86. The minimum Gasteiger partial charge on any atom is -0.386 e. The molecule has 1 saturated heterocycles. The molecule has 1 unspecified atom stereocenters. The van der Waals surface area contributed by atoms with Gasteiger partial charge in [0.15, 0.2) is 11.6 Å². The molecule has 1 fully saturated rings. The lowest BCUT2D eigenvalue weighted by molar-refractivity contribution is 0.0295. The van der Waals surface area contributed by atoms with Crippen molar-refractivity contribution in [3.63, 3.8) is 0 Å². The van der Waals surface area contributed by atoms with Gasteiger partial charge in [-0.2, -0.15) is 0 Å². The second-order valence-electron chi connectivity index (χ2n) is 4.44. The summed E-state index contributed by atoms with van der Waals surface area (Å²) in [5.41, 5.74) is -1.36. The van der Waals surface area contributed by atoms with Gasteiger partial charge in [-0.05, 0) is 12.1 Å². The van der Waals surface area contributed by atoms with E-state index < -0.39 is 23.3 Å². The predicted octanol–water partition coefficient (Wildman–Crippen LogP) is 1.24. The van der Waals surface area contributed by atoms with Crippen LogP contribution in [0.2, 0.25) is 0 Å². The molecule has 7 heteroatoms. The number of carbonyl (C=O) groups is 1. The molecule has 2 rings (SSSR count). The maximum absolute atomic E-state index is 13.3. The highest BCUT2D eigenvalue weighted by molar-refractivity contribution is 5.89. The monoisotopic (exact) mass is 272 g/mol. The SMILES string of the molecule is O=C(NCC1(O)CCOC1)Nc1cccc(F)c1F. The van der Waals surface area contributed by atoms with E-state index in [1.54, 1.807) is 0 Å². The lowest BCUT2D eigenvalue weighted by Crippen LogP contribution is -2.44. The Morgan fingerprint density at radius 1 is 1.47 bits per heavy atom. The third kappa shape index (κ3) is 3.39. The molecule has 104 valence electrons. The first-order chi connectivity index (χ1) is 9.00. The Hall–Kier alpha value is -1.73. The van der Waals surface area contributed by atoms with Crippen molar-refractivity contribution < 1.29 is 23.4 Å². The first-order valence-electron chi connectivity index (χ1n) is 5.79. The molecule has 1 aromatic rings. The summed E-state index contributed by atoms with van der Waals surface area (Å²) >= 11 is 0. The fraction of sp³-hybridized carbons (Fsp3) is 0.417. The van der Waals surface area contributed by atoms with E-state index >= 15 is 0 Å². The number of aliphatic hydroxyl groups is 1. The molecule has 1 aliphatic heterocycles. The van der Waals surface area contributed by atoms with E-state index in [0.717, 1.165) is 6.07 Å². The Bertz CT molecular complexity index is 476. The molecule has 0 aliphatic carbocycles. The fourth-order valence-corrected chi connectivity index (χ4v) is 1.75. The molecule has 1 heterocycles. The molecule has 3 N–H and O–H groups in total. The molecule has 1 atom stereocenters. The van der Waals surface area contributed by atoms with E-state index in [9.17, 15) is 18.7 Å². The van der Waals surface area contributed by atoms with Crippen LogP contribution in [0.25, 0.3) is 0 Å². The van der Waals surface area contributed by atoms with Gasteiger partial charge in [-0.25, -0.2) is 13.6 Å². The molecule has 1 aromatic carbocycles. The number of anilines is 1. The molecule has 0 radical (unpaired) electrons. The largest absolute Gasteiger partial charge is 0.386 e. The van der Waals surface area contributed by atoms with Gasteiger partial charge in [0.2, 0.25) is 0 Å². The summed E-state index contributed by atoms with van der Waals surface area (Å²) in [5.74, 6) is -2.17. The van der Waals surface area contributed by atoms with E-state index in [1.165, 1.54) is 12.1 Å². The normalized spacial score (nSPS) is 22.3. The summed E-state index contributed by atoms with van der Waals surface area (Å²) in [7, 11) is 0. The van der Waals surface area contributed by atoms with Crippen LogP contribution in [0.3, 0.4) is 0 Å². The van der Waals surface area contributed by atoms with Crippen LogP contribution in [0, 0.1) is 11.6 Å². The molecule has 0 aromatic heterocycles. The van der Waals surface area contributed by atoms with Crippen LogP contribution in [-0.4, -0.2) is 36.5 Å². The number of amides is 2. The van der Waals surface area contributed by atoms with Gasteiger partial charge < -0.3 is 20.5 Å². The van der Waals surface area contributed by atoms with Crippen LogP contribution in [0.4, 0.5) is 19.3 Å². The van der Waals surface area contributed by atoms with Gasteiger partial charge in [-0.3, -0.25) is 0 Å². The van der Waals surface area contributed by atoms with Gasteiger partial charge in [0, 0.05) is 13.0 Å². The molecule has 0 bridgehead atoms. The van der Waals surface area contributed by atoms with E-state index in [0.29, 0.717) is 13.0 Å². The van der Waals surface area contributed by atoms with E-state index in [-0.39, 0.29) is 18.8 Å². The number of hydrogen-bond donors (Lipinski definition) is 3. The molecule has 1 aliphatic rings. The van der Waals surface area contributed by atoms with Crippen molar-refractivity contribution in [3.05, 3.63) is 29.8 Å². The standard InChI is InChI=1S/C12H14F2N2O3/c13-8-2-1-3-9(10(8)14)16-11(17)15-6-12(18)4-5-19-7-12/h1-3,18H,4-7H2,(H2,15,16,17). The fourth-order valence-electron chi connectivity index (χ4n) is 1.75. The van der Waals surface area contributed by atoms with E-state index in [1.807, 2.05) is 0 Å². The van der Waals surface area contributed by atoms with Crippen molar-refractivity contribution >= 4 is 11.7 Å². The number of ether oxygens (including phenoxy) is 1. The summed E-state index contributed by atoms with van der Waals surface area (Å²) in [6, 6.07) is 2.76. The molecule has 0 saturated carbocycles. The van der Waals surface area contributed by atoms with Crippen molar-refractivity contribution in [2.24, 2.45) is 0 Å². The molecule has 2 amide bonds. The van der Waals surface area contributed by atoms with Crippen LogP contribution in [0.1, 0.15) is 6.42 Å². The molecule has 0 spiro atoms. The summed E-state index contributed by atoms with van der Waals surface area (Å²) in [6.07, 6.45) is 0.418. The topological polar surface area (TPSA) is 70.6 Å². The van der Waals surface area contributed by atoms with Crippen LogP contribution in [-0.2, 0) is 4.74 Å². The smallest absolute Gasteiger partial charge is 0.319 e. The van der Waals surface area contributed by atoms with E-state index in [4.69, 9.17) is 4.74 Å².